The van der Waals surface area contributed by atoms with Crippen molar-refractivity contribution >= 4 is 8.41 Å². The van der Waals surface area contributed by atoms with E-state index in [-0.39, 0.29) is 8.41 Å². The van der Waals surface area contributed by atoms with E-state index in [4.69, 9.17) is 0 Å². The van der Waals surface area contributed by atoms with Gasteiger partial charge in [0.15, 0.2) is 0 Å². The molecule has 0 aromatic rings. The molecule has 0 saturated carbocycles. The largest absolute Gasteiger partial charge is 0.255 e. The molecule has 0 aliphatic heterocycles. The Labute approximate surface area is 60.2 Å². The predicted molar refractivity (Wildman–Crippen MR) is 42.4 cm³/mol. The number of hydrogen-bond acceptors (Lipinski definition) is 2. The molecule has 53 valence electrons. The fourth-order valence-electron chi connectivity index (χ4n) is 0.671. The Hall–Kier alpha value is -0.0151. The van der Waals surface area contributed by atoms with E-state index in [1.807, 2.05) is 0 Å². The summed E-state index contributed by atoms with van der Waals surface area (Å²) in [5.41, 5.74) is 3.22. The maximum atomic E-state index is 3.22. The van der Waals surface area contributed by atoms with Crippen molar-refractivity contribution < 1.29 is 0 Å². The van der Waals surface area contributed by atoms with Gasteiger partial charge in [-0.2, -0.15) is 0 Å². The summed E-state index contributed by atoms with van der Waals surface area (Å²) in [5.74, 6) is 0. The van der Waals surface area contributed by atoms with E-state index in [1.165, 1.54) is 0 Å². The molecule has 0 atom stereocenters. The molecular formula is C6H16BN2. The number of hydrazine groups is 1. The summed E-state index contributed by atoms with van der Waals surface area (Å²) < 4.78 is 0. The first-order valence-corrected chi connectivity index (χ1v) is 3.33. The summed E-state index contributed by atoms with van der Waals surface area (Å²) in [6, 6.07) is 0. The minimum atomic E-state index is 0. The molecular weight excluding hydrogens is 111 g/mol. The Balaban J connectivity index is 0. The van der Waals surface area contributed by atoms with Crippen LogP contribution in [-0.2, 0) is 0 Å². The summed E-state index contributed by atoms with van der Waals surface area (Å²) in [6.45, 7) is 9.60. The maximum absolute atomic E-state index is 3.22. The van der Waals surface area contributed by atoms with Crippen molar-refractivity contribution in [1.29, 1.82) is 0 Å². The van der Waals surface area contributed by atoms with Gasteiger partial charge in [0.1, 0.15) is 0 Å². The second kappa shape index (κ2) is 7.98. The lowest BCUT2D eigenvalue weighted by molar-refractivity contribution is 0.215. The molecule has 3 radical (unpaired) electrons. The second-order valence-electron chi connectivity index (χ2n) is 1.68. The molecule has 2 nitrogen and oxygen atoms in total. The van der Waals surface area contributed by atoms with Gasteiger partial charge in [-0.25, -0.2) is 5.01 Å². The van der Waals surface area contributed by atoms with Crippen LogP contribution in [-0.4, -0.2) is 33.1 Å². The third-order valence-electron chi connectivity index (χ3n) is 1.15. The zero-order chi connectivity index (χ0) is 6.41. The fraction of sp³-hybridized carbons (Fsp3) is 1.00. The predicted octanol–water partition coefficient (Wildman–Crippen LogP) is 0.472. The number of nitrogens with zero attached hydrogens (tertiary/aromatic N) is 1. The van der Waals surface area contributed by atoms with Gasteiger partial charge in [0, 0.05) is 28.0 Å². The Morgan fingerprint density at radius 1 is 1.11 bits per heavy atom. The van der Waals surface area contributed by atoms with Crippen LogP contribution in [0.5, 0.6) is 0 Å². The number of rotatable bonds is 4. The van der Waals surface area contributed by atoms with Crippen LogP contribution < -0.4 is 5.43 Å². The van der Waals surface area contributed by atoms with Gasteiger partial charge in [-0.05, 0) is 0 Å². The maximum Gasteiger partial charge on any atom is 0.0102 e. The second-order valence-corrected chi connectivity index (χ2v) is 1.68. The highest BCUT2D eigenvalue weighted by molar-refractivity contribution is 5.75. The average molecular weight is 127 g/mol. The Morgan fingerprint density at radius 2 is 1.56 bits per heavy atom. The average Bonchev–Trinajstić information content (AvgIpc) is 1.83. The number of nitrogens with one attached hydrogen (secondary N) is 1. The van der Waals surface area contributed by atoms with E-state index in [1.54, 1.807) is 0 Å². The van der Waals surface area contributed by atoms with Crippen molar-refractivity contribution in [3.63, 3.8) is 0 Å². The summed E-state index contributed by atoms with van der Waals surface area (Å²) in [6.07, 6.45) is 0. The molecule has 0 aliphatic carbocycles. The fourth-order valence-corrected chi connectivity index (χ4v) is 0.671. The molecule has 0 aromatic carbocycles. The van der Waals surface area contributed by atoms with Crippen LogP contribution in [0, 0.1) is 0 Å². The van der Waals surface area contributed by atoms with Gasteiger partial charge in [0.05, 0.1) is 0 Å². The van der Waals surface area contributed by atoms with E-state index in [0.717, 1.165) is 19.6 Å². The van der Waals surface area contributed by atoms with Crippen LogP contribution in [0.15, 0.2) is 0 Å². The summed E-state index contributed by atoms with van der Waals surface area (Å²) >= 11 is 0. The van der Waals surface area contributed by atoms with Gasteiger partial charge in [-0.15, -0.1) is 0 Å². The molecule has 3 heteroatoms. The van der Waals surface area contributed by atoms with Crippen molar-refractivity contribution in [2.45, 2.75) is 20.8 Å². The van der Waals surface area contributed by atoms with E-state index < -0.39 is 0 Å². The third kappa shape index (κ3) is 5.86. The van der Waals surface area contributed by atoms with Crippen molar-refractivity contribution in [1.82, 2.24) is 10.4 Å². The van der Waals surface area contributed by atoms with Crippen LogP contribution in [0.3, 0.4) is 0 Å². The Morgan fingerprint density at radius 3 is 1.67 bits per heavy atom. The quantitative estimate of drug-likeness (QED) is 0.436. The summed E-state index contributed by atoms with van der Waals surface area (Å²) in [5, 5.41) is 2.18. The van der Waals surface area contributed by atoms with Gasteiger partial charge in [-0.3, -0.25) is 5.43 Å². The third-order valence-corrected chi connectivity index (χ3v) is 1.15. The van der Waals surface area contributed by atoms with E-state index in [9.17, 15) is 0 Å². The highest BCUT2D eigenvalue weighted by Gasteiger charge is 1.91. The van der Waals surface area contributed by atoms with Crippen molar-refractivity contribution in [2.75, 3.05) is 19.6 Å². The molecule has 0 amide bonds. The molecule has 1 N–H and O–H groups in total. The molecule has 0 aromatic heterocycles. The zero-order valence-corrected chi connectivity index (χ0v) is 6.65. The van der Waals surface area contributed by atoms with E-state index in [0.29, 0.717) is 0 Å². The molecule has 0 aliphatic rings. The molecule has 0 rings (SSSR count). The van der Waals surface area contributed by atoms with E-state index in [2.05, 4.69) is 31.2 Å². The van der Waals surface area contributed by atoms with Gasteiger partial charge >= 0.3 is 0 Å². The Kier molecular flexibility index (Phi) is 10.4. The lowest BCUT2D eigenvalue weighted by Crippen LogP contribution is -2.37. The van der Waals surface area contributed by atoms with Crippen molar-refractivity contribution in [3.8, 4) is 0 Å². The highest BCUT2D eigenvalue weighted by Crippen LogP contribution is 1.76. The Bertz CT molecular complexity index is 46.3. The molecule has 0 bridgehead atoms. The van der Waals surface area contributed by atoms with Gasteiger partial charge < -0.3 is 0 Å². The molecule has 0 saturated heterocycles. The first-order chi connectivity index (χ1) is 3.85. The van der Waals surface area contributed by atoms with Crippen LogP contribution in [0.1, 0.15) is 20.8 Å². The van der Waals surface area contributed by atoms with E-state index >= 15 is 0 Å². The normalized spacial score (nSPS) is 9.33. The molecule has 0 heterocycles. The molecule has 0 fully saturated rings. The zero-order valence-electron chi connectivity index (χ0n) is 6.65. The lowest BCUT2D eigenvalue weighted by Gasteiger charge is -2.17. The van der Waals surface area contributed by atoms with Gasteiger partial charge in [0.25, 0.3) is 0 Å². The minimum Gasteiger partial charge on any atom is -0.255 e. The summed E-state index contributed by atoms with van der Waals surface area (Å²) in [4.78, 5) is 0. The smallest absolute Gasteiger partial charge is 0.0102 e. The SMILES string of the molecule is CCNN(CC)CC.[B]. The molecule has 0 unspecified atom stereocenters. The topological polar surface area (TPSA) is 15.3 Å². The van der Waals surface area contributed by atoms with Crippen LogP contribution in [0.2, 0.25) is 0 Å². The molecule has 9 heavy (non-hydrogen) atoms. The lowest BCUT2D eigenvalue weighted by atomic mass is 10.6. The first kappa shape index (κ1) is 11.7. The standard InChI is InChI=1S/C6H16N2.B/c1-4-7-8(5-2)6-3;/h7H,4-6H2,1-3H3;. The van der Waals surface area contributed by atoms with Gasteiger partial charge in [-0.1, -0.05) is 20.8 Å². The van der Waals surface area contributed by atoms with Crippen molar-refractivity contribution in [2.24, 2.45) is 0 Å². The van der Waals surface area contributed by atoms with Gasteiger partial charge in [0.2, 0.25) is 0 Å². The molecule has 0 spiro atoms. The minimum absolute atomic E-state index is 0. The first-order valence-electron chi connectivity index (χ1n) is 3.33. The van der Waals surface area contributed by atoms with Crippen LogP contribution in [0.4, 0.5) is 0 Å². The number of hydrogen-bond donors (Lipinski definition) is 1. The van der Waals surface area contributed by atoms with Crippen molar-refractivity contribution in [3.05, 3.63) is 0 Å². The highest BCUT2D eigenvalue weighted by atomic mass is 15.5. The van der Waals surface area contributed by atoms with Crippen LogP contribution in [0.25, 0.3) is 0 Å². The van der Waals surface area contributed by atoms with Crippen LogP contribution >= 0.6 is 0 Å². The summed E-state index contributed by atoms with van der Waals surface area (Å²) in [7, 11) is 0. The monoisotopic (exact) mass is 127 g/mol.